The molecule has 0 fully saturated rings. The molecule has 0 saturated heterocycles. The van der Waals surface area contributed by atoms with Crippen LogP contribution in [0, 0.1) is 0 Å². The first-order valence-corrected chi connectivity index (χ1v) is 7.79. The number of hydrogen-bond acceptors (Lipinski definition) is 2. The van der Waals surface area contributed by atoms with Gasteiger partial charge in [0.25, 0.3) is 0 Å². The number of aliphatic imine (C=N–C) groups is 1. The predicted molar refractivity (Wildman–Crippen MR) is 110 cm³/mol. The Labute approximate surface area is 161 Å². The summed E-state index contributed by atoms with van der Waals surface area (Å²) in [4.78, 5) is 6.49. The zero-order chi connectivity index (χ0) is 16.7. The fourth-order valence-corrected chi connectivity index (χ4v) is 2.47. The number of nitrogens with one attached hydrogen (secondary N) is 1. The summed E-state index contributed by atoms with van der Waals surface area (Å²) in [6.45, 7) is 1.67. The molecule has 2 rings (SSSR count). The van der Waals surface area contributed by atoms with Gasteiger partial charge in [0.1, 0.15) is 5.75 Å². The van der Waals surface area contributed by atoms with Crippen molar-refractivity contribution >= 4 is 29.9 Å². The highest BCUT2D eigenvalue weighted by Crippen LogP contribution is 2.11. The van der Waals surface area contributed by atoms with Gasteiger partial charge in [-0.25, -0.2) is 0 Å². The second kappa shape index (κ2) is 10.2. The summed E-state index contributed by atoms with van der Waals surface area (Å²) in [5.41, 5.74) is 2.53. The van der Waals surface area contributed by atoms with Gasteiger partial charge in [0.2, 0.25) is 0 Å². The van der Waals surface area contributed by atoms with Gasteiger partial charge in [0.05, 0.1) is 13.7 Å². The number of nitrogens with zero attached hydrogens (tertiary/aromatic N) is 3. The Balaban J connectivity index is 0.00000288. The number of hydrogen-bond donors (Lipinski definition) is 1. The Morgan fingerprint density at radius 1 is 1.25 bits per heavy atom. The summed E-state index contributed by atoms with van der Waals surface area (Å²) in [6, 6.07) is 12.4. The molecule has 0 aliphatic heterocycles. The van der Waals surface area contributed by atoms with Crippen LogP contribution in [0.3, 0.4) is 0 Å². The van der Waals surface area contributed by atoms with E-state index in [4.69, 9.17) is 4.74 Å². The number of halogens is 1. The van der Waals surface area contributed by atoms with E-state index in [0.29, 0.717) is 0 Å². The van der Waals surface area contributed by atoms with Crippen LogP contribution in [-0.2, 0) is 20.0 Å². The summed E-state index contributed by atoms with van der Waals surface area (Å²) in [5.74, 6) is 1.79. The van der Waals surface area contributed by atoms with Crippen LogP contribution in [0.4, 0.5) is 0 Å². The van der Waals surface area contributed by atoms with Crippen LogP contribution < -0.4 is 10.1 Å². The number of aromatic nitrogens is 1. The van der Waals surface area contributed by atoms with Gasteiger partial charge in [0, 0.05) is 39.6 Å². The van der Waals surface area contributed by atoms with Crippen LogP contribution in [0.5, 0.6) is 5.75 Å². The second-order valence-corrected chi connectivity index (χ2v) is 5.54. The van der Waals surface area contributed by atoms with E-state index in [9.17, 15) is 0 Å². The monoisotopic (exact) mass is 442 g/mol. The van der Waals surface area contributed by atoms with E-state index in [1.165, 1.54) is 11.3 Å². The molecule has 0 saturated carbocycles. The lowest BCUT2D eigenvalue weighted by Crippen LogP contribution is -2.39. The topological polar surface area (TPSA) is 41.8 Å². The van der Waals surface area contributed by atoms with Crippen molar-refractivity contribution in [3.05, 3.63) is 53.9 Å². The minimum Gasteiger partial charge on any atom is -0.497 e. The summed E-state index contributed by atoms with van der Waals surface area (Å²) in [7, 11) is 7.61. The Morgan fingerprint density at radius 3 is 2.50 bits per heavy atom. The van der Waals surface area contributed by atoms with Crippen LogP contribution in [0.15, 0.2) is 47.6 Å². The van der Waals surface area contributed by atoms with Crippen LogP contribution in [0.25, 0.3) is 0 Å². The average molecular weight is 442 g/mol. The highest BCUT2D eigenvalue weighted by Gasteiger charge is 2.08. The van der Waals surface area contributed by atoms with E-state index >= 15 is 0 Å². The number of guanidine groups is 1. The molecular formula is C18H27IN4O. The minimum absolute atomic E-state index is 0. The van der Waals surface area contributed by atoms with Crippen molar-refractivity contribution in [3.8, 4) is 5.75 Å². The largest absolute Gasteiger partial charge is 0.497 e. The molecule has 0 aliphatic carbocycles. The molecule has 132 valence electrons. The van der Waals surface area contributed by atoms with Crippen molar-refractivity contribution in [1.82, 2.24) is 14.8 Å². The van der Waals surface area contributed by atoms with E-state index < -0.39 is 0 Å². The summed E-state index contributed by atoms with van der Waals surface area (Å²) >= 11 is 0. The van der Waals surface area contributed by atoms with Crippen molar-refractivity contribution in [2.24, 2.45) is 12.0 Å². The van der Waals surface area contributed by atoms with Crippen LogP contribution >= 0.6 is 24.0 Å². The average Bonchev–Trinajstić information content (AvgIpc) is 2.97. The number of rotatable bonds is 6. The smallest absolute Gasteiger partial charge is 0.193 e. The van der Waals surface area contributed by atoms with Gasteiger partial charge in [-0.15, -0.1) is 24.0 Å². The first kappa shape index (κ1) is 20.3. The Bertz CT molecular complexity index is 637. The molecule has 0 atom stereocenters. The molecule has 0 unspecified atom stereocenters. The van der Waals surface area contributed by atoms with E-state index in [2.05, 4.69) is 64.3 Å². The lowest BCUT2D eigenvalue weighted by atomic mass is 10.1. The number of ether oxygens (including phenoxy) is 1. The Kier molecular flexibility index (Phi) is 8.67. The van der Waals surface area contributed by atoms with E-state index in [-0.39, 0.29) is 24.0 Å². The highest BCUT2D eigenvalue weighted by atomic mass is 127. The molecule has 1 heterocycles. The third kappa shape index (κ3) is 5.74. The second-order valence-electron chi connectivity index (χ2n) is 5.54. The van der Waals surface area contributed by atoms with Crippen LogP contribution in [-0.4, -0.2) is 43.2 Å². The zero-order valence-electron chi connectivity index (χ0n) is 14.8. The maximum Gasteiger partial charge on any atom is 0.193 e. The van der Waals surface area contributed by atoms with E-state index in [1.54, 1.807) is 7.11 Å². The zero-order valence-corrected chi connectivity index (χ0v) is 17.2. The molecule has 0 spiro atoms. The van der Waals surface area contributed by atoms with Crippen LogP contribution in [0.2, 0.25) is 0 Å². The van der Waals surface area contributed by atoms with Crippen molar-refractivity contribution < 1.29 is 4.74 Å². The van der Waals surface area contributed by atoms with Gasteiger partial charge < -0.3 is 19.5 Å². The van der Waals surface area contributed by atoms with Crippen molar-refractivity contribution in [2.75, 3.05) is 27.7 Å². The molecule has 0 aliphatic rings. The molecule has 0 bridgehead atoms. The molecule has 2 aromatic rings. The number of benzene rings is 1. The maximum atomic E-state index is 5.18. The first-order valence-electron chi connectivity index (χ1n) is 7.79. The normalized spacial score (nSPS) is 10.9. The van der Waals surface area contributed by atoms with Crippen LogP contribution in [0.1, 0.15) is 11.3 Å². The fourth-order valence-electron chi connectivity index (χ4n) is 2.47. The van der Waals surface area contributed by atoms with E-state index in [0.717, 1.165) is 31.2 Å². The molecule has 0 radical (unpaired) electrons. The highest BCUT2D eigenvalue weighted by molar-refractivity contribution is 14.0. The summed E-state index contributed by atoms with van der Waals surface area (Å²) < 4.78 is 7.30. The Hall–Kier alpha value is -1.70. The maximum absolute atomic E-state index is 5.18. The van der Waals surface area contributed by atoms with E-state index in [1.807, 2.05) is 19.2 Å². The SMILES string of the molecule is CN=C(NCCc1ccc(OC)cc1)N(C)Cc1cccn1C.I. The predicted octanol–water partition coefficient (Wildman–Crippen LogP) is 2.90. The quantitative estimate of drug-likeness (QED) is 0.425. The molecular weight excluding hydrogens is 415 g/mol. The fraction of sp³-hybridized carbons (Fsp3) is 0.389. The lowest BCUT2D eigenvalue weighted by molar-refractivity contribution is 0.414. The molecule has 0 amide bonds. The van der Waals surface area contributed by atoms with Gasteiger partial charge in [-0.1, -0.05) is 12.1 Å². The molecule has 24 heavy (non-hydrogen) atoms. The molecule has 1 N–H and O–H groups in total. The van der Waals surface area contributed by atoms with Crippen molar-refractivity contribution in [3.63, 3.8) is 0 Å². The minimum atomic E-state index is 0. The van der Waals surface area contributed by atoms with Gasteiger partial charge in [-0.05, 0) is 36.2 Å². The number of aryl methyl sites for hydroxylation is 1. The molecule has 6 heteroatoms. The first-order chi connectivity index (χ1) is 11.1. The van der Waals surface area contributed by atoms with Crippen molar-refractivity contribution in [2.45, 2.75) is 13.0 Å². The van der Waals surface area contributed by atoms with Gasteiger partial charge >= 0.3 is 0 Å². The standard InChI is InChI=1S/C18H26N4O.HI/c1-19-18(22(3)14-16-6-5-13-21(16)2)20-12-11-15-7-9-17(23-4)10-8-15;/h5-10,13H,11-12,14H2,1-4H3,(H,19,20);1H. The molecule has 5 nitrogen and oxygen atoms in total. The third-order valence-corrected chi connectivity index (χ3v) is 3.88. The molecule has 1 aromatic heterocycles. The molecule has 1 aromatic carbocycles. The summed E-state index contributed by atoms with van der Waals surface area (Å²) in [6.07, 6.45) is 3.00. The summed E-state index contributed by atoms with van der Waals surface area (Å²) in [5, 5.41) is 3.41. The third-order valence-electron chi connectivity index (χ3n) is 3.88. The van der Waals surface area contributed by atoms with Crippen molar-refractivity contribution in [1.29, 1.82) is 0 Å². The lowest BCUT2D eigenvalue weighted by Gasteiger charge is -2.22. The van der Waals surface area contributed by atoms with Gasteiger partial charge in [0.15, 0.2) is 5.96 Å². The van der Waals surface area contributed by atoms with Gasteiger partial charge in [-0.2, -0.15) is 0 Å². The Morgan fingerprint density at radius 2 is 1.96 bits per heavy atom. The van der Waals surface area contributed by atoms with Gasteiger partial charge in [-0.3, -0.25) is 4.99 Å². The number of methoxy groups -OCH3 is 1.